The van der Waals surface area contributed by atoms with Gasteiger partial charge in [0.25, 0.3) is 0 Å². The van der Waals surface area contributed by atoms with Gasteiger partial charge in [-0.15, -0.1) is 12.4 Å². The van der Waals surface area contributed by atoms with Crippen LogP contribution in [-0.2, 0) is 27.4 Å². The van der Waals surface area contributed by atoms with Crippen LogP contribution in [0.5, 0.6) is 11.5 Å². The van der Waals surface area contributed by atoms with Gasteiger partial charge in [-0.3, -0.25) is 0 Å². The van der Waals surface area contributed by atoms with Crippen LogP contribution >= 0.6 is 24.0 Å². The zero-order chi connectivity index (χ0) is 25.9. The topological polar surface area (TPSA) is 64.6 Å². The number of hydrogen-bond acceptors (Lipinski definition) is 5. The number of sulfone groups is 1. The van der Waals surface area contributed by atoms with Crippen LogP contribution in [0.25, 0.3) is 0 Å². The molecule has 8 heteroatoms. The van der Waals surface area contributed by atoms with Gasteiger partial charge in [-0.2, -0.15) is 0 Å². The molecule has 1 N–H and O–H groups in total. The lowest BCUT2D eigenvalue weighted by Crippen LogP contribution is -2.49. The van der Waals surface area contributed by atoms with Crippen LogP contribution in [-0.4, -0.2) is 34.4 Å². The Hall–Kier alpha value is -2.25. The Morgan fingerprint density at radius 2 is 1.82 bits per heavy atom. The summed E-state index contributed by atoms with van der Waals surface area (Å²) in [5.41, 5.74) is 4.73. The van der Waals surface area contributed by atoms with Gasteiger partial charge in [0, 0.05) is 22.0 Å². The highest BCUT2D eigenvalue weighted by molar-refractivity contribution is 7.90. The van der Waals surface area contributed by atoms with Crippen LogP contribution in [0.2, 0.25) is 5.02 Å². The molecule has 0 saturated heterocycles. The van der Waals surface area contributed by atoms with E-state index in [1.807, 2.05) is 30.3 Å². The molecule has 1 aliphatic heterocycles. The standard InChI is InChI=1S/C30H34ClNO4S.ClH/c1-35-28-7-3-2-6-23(28)21-37(33,34)19-5-18-36-26-13-8-22-14-17-32-29(27(22)20-26)30(15-4-16-30)24-9-11-25(31)12-10-24;/h2-3,6-13,20,29,32H,4-5,14-19,21H2,1H3;1H. The minimum absolute atomic E-state index is 0. The van der Waals surface area contributed by atoms with E-state index in [1.54, 1.807) is 19.2 Å². The Morgan fingerprint density at radius 1 is 1.05 bits per heavy atom. The quantitative estimate of drug-likeness (QED) is 0.281. The molecule has 5 rings (SSSR count). The van der Waals surface area contributed by atoms with Crippen molar-refractivity contribution in [3.8, 4) is 11.5 Å². The largest absolute Gasteiger partial charge is 0.496 e. The van der Waals surface area contributed by atoms with E-state index in [2.05, 4.69) is 29.6 Å². The second-order valence-electron chi connectivity index (χ2n) is 10.1. The van der Waals surface area contributed by atoms with E-state index in [0.29, 0.717) is 24.3 Å². The normalized spacial score (nSPS) is 18.0. The second-order valence-corrected chi connectivity index (χ2v) is 12.7. The van der Waals surface area contributed by atoms with E-state index in [1.165, 1.54) is 23.1 Å². The van der Waals surface area contributed by atoms with Crippen molar-refractivity contribution in [1.82, 2.24) is 5.32 Å². The summed E-state index contributed by atoms with van der Waals surface area (Å²) in [7, 11) is -1.72. The summed E-state index contributed by atoms with van der Waals surface area (Å²) in [5.74, 6) is 1.43. The molecular weight excluding hydrogens is 541 g/mol. The zero-order valence-corrected chi connectivity index (χ0v) is 24.0. The smallest absolute Gasteiger partial charge is 0.154 e. The van der Waals surface area contributed by atoms with Crippen molar-refractivity contribution in [3.05, 3.63) is 94.0 Å². The Labute approximate surface area is 237 Å². The molecule has 0 spiro atoms. The molecule has 0 radical (unpaired) electrons. The third-order valence-electron chi connectivity index (χ3n) is 7.82. The molecule has 1 aliphatic carbocycles. The summed E-state index contributed by atoms with van der Waals surface area (Å²) in [4.78, 5) is 0. The Bertz CT molecular complexity index is 1340. The molecule has 3 aromatic carbocycles. The third kappa shape index (κ3) is 6.15. The van der Waals surface area contributed by atoms with E-state index in [4.69, 9.17) is 21.1 Å². The van der Waals surface area contributed by atoms with Gasteiger partial charge in [-0.25, -0.2) is 8.42 Å². The molecule has 1 atom stereocenters. The molecule has 2 aliphatic rings. The van der Waals surface area contributed by atoms with Crippen molar-refractivity contribution in [1.29, 1.82) is 0 Å². The first-order valence-corrected chi connectivity index (χ1v) is 15.2. The van der Waals surface area contributed by atoms with E-state index in [-0.39, 0.29) is 35.4 Å². The fourth-order valence-corrected chi connectivity index (χ4v) is 7.34. The van der Waals surface area contributed by atoms with Gasteiger partial charge < -0.3 is 14.8 Å². The minimum Gasteiger partial charge on any atom is -0.496 e. The maximum atomic E-state index is 12.7. The van der Waals surface area contributed by atoms with Gasteiger partial charge in [0.15, 0.2) is 9.84 Å². The highest BCUT2D eigenvalue weighted by Gasteiger charge is 2.47. The molecule has 0 amide bonds. The Balaban J connectivity index is 0.00000336. The van der Waals surface area contributed by atoms with Crippen molar-refractivity contribution < 1.29 is 17.9 Å². The number of ether oxygens (including phenoxy) is 2. The Kier molecular flexibility index (Phi) is 9.30. The van der Waals surface area contributed by atoms with Crippen molar-refractivity contribution in [2.24, 2.45) is 0 Å². The highest BCUT2D eigenvalue weighted by atomic mass is 35.5. The SMILES string of the molecule is COc1ccccc1CS(=O)(=O)CCCOc1ccc2c(c1)C(C1(c3ccc(Cl)cc3)CCC1)NCC2.Cl. The number of hydrogen-bond donors (Lipinski definition) is 1. The van der Waals surface area contributed by atoms with Crippen molar-refractivity contribution in [2.45, 2.75) is 49.3 Å². The van der Waals surface area contributed by atoms with Gasteiger partial charge >= 0.3 is 0 Å². The molecule has 1 heterocycles. The predicted octanol–water partition coefficient (Wildman–Crippen LogP) is 6.46. The maximum Gasteiger partial charge on any atom is 0.154 e. The van der Waals surface area contributed by atoms with E-state index < -0.39 is 9.84 Å². The maximum absolute atomic E-state index is 12.7. The van der Waals surface area contributed by atoms with Gasteiger partial charge in [-0.1, -0.05) is 54.4 Å². The first-order chi connectivity index (χ1) is 17.9. The minimum atomic E-state index is -3.27. The molecule has 204 valence electrons. The summed E-state index contributed by atoms with van der Waals surface area (Å²) >= 11 is 6.18. The highest BCUT2D eigenvalue weighted by Crippen LogP contribution is 2.53. The number of halogens is 2. The summed E-state index contributed by atoms with van der Waals surface area (Å²) in [6.07, 6.45) is 4.92. The van der Waals surface area contributed by atoms with Gasteiger partial charge in [0.05, 0.1) is 25.2 Å². The number of benzene rings is 3. The predicted molar refractivity (Wildman–Crippen MR) is 156 cm³/mol. The number of fused-ring (bicyclic) bond motifs is 1. The molecule has 1 fully saturated rings. The average Bonchev–Trinajstić information content (AvgIpc) is 2.87. The Morgan fingerprint density at radius 3 is 2.53 bits per heavy atom. The number of nitrogens with one attached hydrogen (secondary N) is 1. The zero-order valence-electron chi connectivity index (χ0n) is 21.6. The summed E-state index contributed by atoms with van der Waals surface area (Å²) in [6.45, 7) is 1.31. The number of para-hydroxylation sites is 1. The molecule has 5 nitrogen and oxygen atoms in total. The van der Waals surface area contributed by atoms with Crippen molar-refractivity contribution >= 4 is 33.8 Å². The van der Waals surface area contributed by atoms with Gasteiger partial charge in [0.1, 0.15) is 11.5 Å². The summed E-state index contributed by atoms with van der Waals surface area (Å²) in [6, 6.07) is 22.1. The molecule has 3 aromatic rings. The monoisotopic (exact) mass is 575 g/mol. The van der Waals surface area contributed by atoms with Gasteiger partial charge in [0.2, 0.25) is 0 Å². The first kappa shape index (κ1) is 28.8. The van der Waals surface area contributed by atoms with Gasteiger partial charge in [-0.05, 0) is 79.3 Å². The fourth-order valence-electron chi connectivity index (χ4n) is 5.80. The lowest BCUT2D eigenvalue weighted by atomic mass is 9.58. The summed E-state index contributed by atoms with van der Waals surface area (Å²) < 4.78 is 36.7. The van der Waals surface area contributed by atoms with Crippen LogP contribution in [0.3, 0.4) is 0 Å². The molecule has 1 unspecified atom stereocenters. The molecule has 0 aromatic heterocycles. The molecule has 0 bridgehead atoms. The third-order valence-corrected chi connectivity index (χ3v) is 9.74. The number of rotatable bonds is 10. The van der Waals surface area contributed by atoms with Crippen molar-refractivity contribution in [3.63, 3.8) is 0 Å². The van der Waals surface area contributed by atoms with Crippen LogP contribution in [0.1, 0.15) is 54.0 Å². The lowest BCUT2D eigenvalue weighted by molar-refractivity contribution is 0.164. The van der Waals surface area contributed by atoms with E-state index >= 15 is 0 Å². The van der Waals surface area contributed by atoms with Crippen LogP contribution in [0.4, 0.5) is 0 Å². The van der Waals surface area contributed by atoms with Crippen LogP contribution in [0, 0.1) is 0 Å². The molecule has 38 heavy (non-hydrogen) atoms. The lowest BCUT2D eigenvalue weighted by Gasteiger charge is -2.50. The van der Waals surface area contributed by atoms with Crippen LogP contribution < -0.4 is 14.8 Å². The van der Waals surface area contributed by atoms with Crippen LogP contribution in [0.15, 0.2) is 66.7 Å². The fraction of sp³-hybridized carbons (Fsp3) is 0.400. The van der Waals surface area contributed by atoms with E-state index in [0.717, 1.165) is 36.6 Å². The molecule has 1 saturated carbocycles. The second kappa shape index (κ2) is 12.3. The summed E-state index contributed by atoms with van der Waals surface area (Å²) in [5, 5.41) is 4.56. The molecular formula is C30H35Cl2NO4S. The van der Waals surface area contributed by atoms with Crippen molar-refractivity contribution in [2.75, 3.05) is 26.0 Å². The van der Waals surface area contributed by atoms with E-state index in [9.17, 15) is 8.42 Å². The first-order valence-electron chi connectivity index (χ1n) is 13.0. The number of methoxy groups -OCH3 is 1. The average molecular weight is 577 g/mol.